The summed E-state index contributed by atoms with van der Waals surface area (Å²) in [6.07, 6.45) is 4.88. The Morgan fingerprint density at radius 1 is 1.39 bits per heavy atom. The standard InChI is InChI=1S/C14H25N3S/c1-3-5-14-16-12(11-18-14)10-17(4-2)13-6-8-15-9-7-13/h11,13,15H,3-10H2,1-2H3. The van der Waals surface area contributed by atoms with Crippen molar-refractivity contribution in [2.45, 2.75) is 52.1 Å². The lowest BCUT2D eigenvalue weighted by Crippen LogP contribution is -2.42. The fourth-order valence-electron chi connectivity index (χ4n) is 2.63. The van der Waals surface area contributed by atoms with Crippen LogP contribution in [0.4, 0.5) is 0 Å². The largest absolute Gasteiger partial charge is 0.317 e. The molecule has 1 aliphatic heterocycles. The minimum atomic E-state index is 0.743. The van der Waals surface area contributed by atoms with E-state index in [0.717, 1.165) is 25.6 Å². The second-order valence-corrected chi connectivity index (χ2v) is 5.97. The number of aryl methyl sites for hydroxylation is 1. The predicted molar refractivity (Wildman–Crippen MR) is 78.1 cm³/mol. The van der Waals surface area contributed by atoms with Gasteiger partial charge in [0.2, 0.25) is 0 Å². The van der Waals surface area contributed by atoms with Crippen LogP contribution < -0.4 is 5.32 Å². The van der Waals surface area contributed by atoms with E-state index < -0.39 is 0 Å². The van der Waals surface area contributed by atoms with Gasteiger partial charge in [0.25, 0.3) is 0 Å². The first kappa shape index (κ1) is 14.0. The topological polar surface area (TPSA) is 28.2 Å². The van der Waals surface area contributed by atoms with E-state index in [1.165, 1.54) is 43.1 Å². The van der Waals surface area contributed by atoms with E-state index in [0.29, 0.717) is 0 Å². The lowest BCUT2D eigenvalue weighted by atomic mass is 10.0. The zero-order valence-electron chi connectivity index (χ0n) is 11.6. The zero-order valence-corrected chi connectivity index (χ0v) is 12.4. The molecule has 0 amide bonds. The van der Waals surface area contributed by atoms with Crippen LogP contribution in [-0.4, -0.2) is 35.6 Å². The van der Waals surface area contributed by atoms with Crippen molar-refractivity contribution in [1.29, 1.82) is 0 Å². The van der Waals surface area contributed by atoms with E-state index in [-0.39, 0.29) is 0 Å². The molecule has 3 nitrogen and oxygen atoms in total. The van der Waals surface area contributed by atoms with Crippen molar-refractivity contribution in [3.63, 3.8) is 0 Å². The van der Waals surface area contributed by atoms with Crippen molar-refractivity contribution in [3.8, 4) is 0 Å². The second-order valence-electron chi connectivity index (χ2n) is 5.03. The number of aromatic nitrogens is 1. The monoisotopic (exact) mass is 267 g/mol. The maximum Gasteiger partial charge on any atom is 0.0928 e. The summed E-state index contributed by atoms with van der Waals surface area (Å²) in [5.74, 6) is 0. The van der Waals surface area contributed by atoms with Gasteiger partial charge in [0.15, 0.2) is 0 Å². The van der Waals surface area contributed by atoms with E-state index >= 15 is 0 Å². The third-order valence-electron chi connectivity index (χ3n) is 3.66. The molecule has 2 rings (SSSR count). The van der Waals surface area contributed by atoms with E-state index in [9.17, 15) is 0 Å². The lowest BCUT2D eigenvalue weighted by Gasteiger charge is -2.33. The minimum Gasteiger partial charge on any atom is -0.317 e. The summed E-state index contributed by atoms with van der Waals surface area (Å²) in [7, 11) is 0. The summed E-state index contributed by atoms with van der Waals surface area (Å²) in [6.45, 7) is 8.97. The van der Waals surface area contributed by atoms with Crippen molar-refractivity contribution in [2.24, 2.45) is 0 Å². The Morgan fingerprint density at radius 3 is 2.83 bits per heavy atom. The Kier molecular flexibility index (Phi) is 5.60. The highest BCUT2D eigenvalue weighted by Gasteiger charge is 2.20. The highest BCUT2D eigenvalue weighted by atomic mass is 32.1. The van der Waals surface area contributed by atoms with Crippen LogP contribution in [-0.2, 0) is 13.0 Å². The number of nitrogens with zero attached hydrogens (tertiary/aromatic N) is 2. The van der Waals surface area contributed by atoms with Crippen LogP contribution in [0.3, 0.4) is 0 Å². The van der Waals surface area contributed by atoms with Crippen LogP contribution in [0.25, 0.3) is 0 Å². The van der Waals surface area contributed by atoms with E-state index in [1.807, 2.05) is 11.3 Å². The third-order valence-corrected chi connectivity index (χ3v) is 4.62. The Morgan fingerprint density at radius 2 is 2.17 bits per heavy atom. The zero-order chi connectivity index (χ0) is 12.8. The minimum absolute atomic E-state index is 0.743. The fraction of sp³-hybridized carbons (Fsp3) is 0.786. The Balaban J connectivity index is 1.91. The smallest absolute Gasteiger partial charge is 0.0928 e. The van der Waals surface area contributed by atoms with Crippen molar-refractivity contribution in [3.05, 3.63) is 16.1 Å². The SMILES string of the molecule is CCCc1nc(CN(CC)C2CCNCC2)cs1. The summed E-state index contributed by atoms with van der Waals surface area (Å²) < 4.78 is 0. The van der Waals surface area contributed by atoms with Gasteiger partial charge in [-0.05, 0) is 45.3 Å². The molecule has 0 aromatic carbocycles. The number of nitrogens with one attached hydrogen (secondary N) is 1. The van der Waals surface area contributed by atoms with Gasteiger partial charge in [0.05, 0.1) is 10.7 Å². The molecule has 0 atom stereocenters. The average Bonchev–Trinajstić information content (AvgIpc) is 2.85. The van der Waals surface area contributed by atoms with Crippen molar-refractivity contribution >= 4 is 11.3 Å². The third kappa shape index (κ3) is 3.77. The van der Waals surface area contributed by atoms with Gasteiger partial charge in [-0.3, -0.25) is 4.90 Å². The molecule has 1 aliphatic rings. The summed E-state index contributed by atoms with van der Waals surface area (Å²) >= 11 is 1.82. The number of piperidine rings is 1. The number of hydrogen-bond donors (Lipinski definition) is 1. The van der Waals surface area contributed by atoms with Gasteiger partial charge in [-0.1, -0.05) is 13.8 Å². The molecule has 1 N–H and O–H groups in total. The molecule has 4 heteroatoms. The molecule has 0 spiro atoms. The Labute approximate surface area is 115 Å². The van der Waals surface area contributed by atoms with Gasteiger partial charge in [0, 0.05) is 18.0 Å². The molecule has 0 unspecified atom stereocenters. The first-order valence-corrected chi connectivity index (χ1v) is 8.09. The van der Waals surface area contributed by atoms with Crippen LogP contribution in [0.5, 0.6) is 0 Å². The highest BCUT2D eigenvalue weighted by Crippen LogP contribution is 2.17. The molecular formula is C14H25N3S. The van der Waals surface area contributed by atoms with Crippen LogP contribution in [0.2, 0.25) is 0 Å². The van der Waals surface area contributed by atoms with Gasteiger partial charge < -0.3 is 5.32 Å². The van der Waals surface area contributed by atoms with Crippen LogP contribution >= 0.6 is 11.3 Å². The van der Waals surface area contributed by atoms with E-state index in [2.05, 4.69) is 29.4 Å². The molecule has 2 heterocycles. The summed E-state index contributed by atoms with van der Waals surface area (Å²) in [6, 6.07) is 0.743. The molecule has 0 aliphatic carbocycles. The normalized spacial score (nSPS) is 17.5. The quantitative estimate of drug-likeness (QED) is 0.859. The van der Waals surface area contributed by atoms with Crippen LogP contribution in [0.15, 0.2) is 5.38 Å². The molecule has 1 fully saturated rings. The Bertz CT molecular complexity index is 345. The van der Waals surface area contributed by atoms with Gasteiger partial charge in [-0.2, -0.15) is 0 Å². The summed E-state index contributed by atoms with van der Waals surface area (Å²) in [5.41, 5.74) is 1.27. The molecule has 0 radical (unpaired) electrons. The van der Waals surface area contributed by atoms with E-state index in [1.54, 1.807) is 0 Å². The predicted octanol–water partition coefficient (Wildman–Crippen LogP) is 2.67. The average molecular weight is 267 g/mol. The summed E-state index contributed by atoms with van der Waals surface area (Å²) in [5, 5.41) is 6.98. The number of hydrogen-bond acceptors (Lipinski definition) is 4. The molecule has 0 saturated carbocycles. The van der Waals surface area contributed by atoms with Crippen LogP contribution in [0.1, 0.15) is 43.8 Å². The lowest BCUT2D eigenvalue weighted by molar-refractivity contribution is 0.160. The Hall–Kier alpha value is -0.450. The molecule has 1 aromatic heterocycles. The first-order valence-electron chi connectivity index (χ1n) is 7.21. The summed E-state index contributed by atoms with van der Waals surface area (Å²) in [4.78, 5) is 7.33. The molecule has 18 heavy (non-hydrogen) atoms. The first-order chi connectivity index (χ1) is 8.83. The molecule has 0 bridgehead atoms. The molecular weight excluding hydrogens is 242 g/mol. The molecule has 102 valence electrons. The fourth-order valence-corrected chi connectivity index (χ4v) is 3.52. The maximum atomic E-state index is 4.74. The highest BCUT2D eigenvalue weighted by molar-refractivity contribution is 7.09. The van der Waals surface area contributed by atoms with Crippen molar-refractivity contribution < 1.29 is 0 Å². The molecule has 1 aromatic rings. The molecule has 1 saturated heterocycles. The number of thiazole rings is 1. The number of rotatable bonds is 6. The van der Waals surface area contributed by atoms with E-state index in [4.69, 9.17) is 4.98 Å². The van der Waals surface area contributed by atoms with Gasteiger partial charge in [-0.15, -0.1) is 11.3 Å². The maximum absolute atomic E-state index is 4.74. The van der Waals surface area contributed by atoms with Gasteiger partial charge in [0.1, 0.15) is 0 Å². The second kappa shape index (κ2) is 7.22. The van der Waals surface area contributed by atoms with Crippen molar-refractivity contribution in [1.82, 2.24) is 15.2 Å². The van der Waals surface area contributed by atoms with Gasteiger partial charge in [-0.25, -0.2) is 4.98 Å². The van der Waals surface area contributed by atoms with Gasteiger partial charge >= 0.3 is 0 Å². The van der Waals surface area contributed by atoms with Crippen molar-refractivity contribution in [2.75, 3.05) is 19.6 Å². The van der Waals surface area contributed by atoms with Crippen LogP contribution in [0, 0.1) is 0 Å².